The van der Waals surface area contributed by atoms with Crippen LogP contribution in [-0.4, -0.2) is 59.1 Å². The second kappa shape index (κ2) is 11.0. The lowest BCUT2D eigenvalue weighted by atomic mass is 9.82. The molecule has 0 spiro atoms. The molecular weight excluding hydrogens is 498 g/mol. The molecule has 0 radical (unpaired) electrons. The van der Waals surface area contributed by atoms with Crippen LogP contribution < -0.4 is 0 Å². The number of piperidine rings is 2. The first-order valence-electron chi connectivity index (χ1n) is 14.3. The van der Waals surface area contributed by atoms with E-state index in [4.69, 9.17) is 4.74 Å². The summed E-state index contributed by atoms with van der Waals surface area (Å²) in [6.07, 6.45) is 3.01. The van der Waals surface area contributed by atoms with Crippen molar-refractivity contribution in [3.05, 3.63) is 70.5 Å². The molecule has 5 rings (SSSR count). The van der Waals surface area contributed by atoms with Crippen LogP contribution in [0.5, 0.6) is 0 Å². The Kier molecular flexibility index (Phi) is 7.82. The molecule has 7 heteroatoms. The summed E-state index contributed by atoms with van der Waals surface area (Å²) in [4.78, 5) is 29.5. The van der Waals surface area contributed by atoms with Crippen LogP contribution >= 0.6 is 0 Å². The van der Waals surface area contributed by atoms with Crippen LogP contribution in [0.25, 0.3) is 0 Å². The molecule has 2 aliphatic heterocycles. The first-order chi connectivity index (χ1) is 18.5. The van der Waals surface area contributed by atoms with E-state index >= 15 is 4.39 Å². The number of halogens is 2. The summed E-state index contributed by atoms with van der Waals surface area (Å²) in [5, 5.41) is 0. The molecule has 0 N–H and O–H groups in total. The summed E-state index contributed by atoms with van der Waals surface area (Å²) in [5.74, 6) is -0.166. The van der Waals surface area contributed by atoms with Gasteiger partial charge in [0.05, 0.1) is 0 Å². The fourth-order valence-electron chi connectivity index (χ4n) is 6.37. The smallest absolute Gasteiger partial charge is 0.410 e. The Labute approximate surface area is 230 Å². The topological polar surface area (TPSA) is 49.9 Å². The largest absolute Gasteiger partial charge is 0.444 e. The Balaban J connectivity index is 1.15. The van der Waals surface area contributed by atoms with E-state index in [0.29, 0.717) is 63.5 Å². The molecule has 2 aromatic carbocycles. The van der Waals surface area contributed by atoms with E-state index in [0.717, 1.165) is 24.0 Å². The number of fused-ring (bicyclic) bond motifs is 1. The molecule has 5 nitrogen and oxygen atoms in total. The number of nitrogens with zero attached hydrogens (tertiary/aromatic N) is 2. The molecule has 2 aromatic rings. The highest BCUT2D eigenvalue weighted by molar-refractivity contribution is 6.02. The average Bonchev–Trinajstić information content (AvgIpc) is 3.19. The summed E-state index contributed by atoms with van der Waals surface area (Å²) in [7, 11) is 0. The van der Waals surface area contributed by atoms with Crippen molar-refractivity contribution < 1.29 is 23.1 Å². The number of likely N-dealkylation sites (tertiary alicyclic amines) is 2. The van der Waals surface area contributed by atoms with Gasteiger partial charge in [-0.2, -0.15) is 0 Å². The standard InChI is InChI=1S/C32H40F2N2O3/c1-31(2,3)39-30(38)36-14-10-22(11-15-36)23-8-9-27-25(18-23)19-26(29(27)37)20-32(34)12-16-35(17-13-32)21-24-6-4-5-7-28(24)33/h4-9,18,22,26H,10-17,19-21H2,1-3H3. The third-order valence-electron chi connectivity index (χ3n) is 8.57. The van der Waals surface area contributed by atoms with Gasteiger partial charge in [0.2, 0.25) is 0 Å². The zero-order valence-electron chi connectivity index (χ0n) is 23.3. The van der Waals surface area contributed by atoms with E-state index < -0.39 is 11.3 Å². The van der Waals surface area contributed by atoms with Gasteiger partial charge in [0.1, 0.15) is 17.1 Å². The Hall–Kier alpha value is -2.80. The van der Waals surface area contributed by atoms with Gasteiger partial charge in [-0.3, -0.25) is 9.69 Å². The molecule has 2 saturated heterocycles. The number of hydrogen-bond acceptors (Lipinski definition) is 4. The van der Waals surface area contributed by atoms with Gasteiger partial charge in [-0.1, -0.05) is 36.4 Å². The van der Waals surface area contributed by atoms with E-state index in [1.807, 2.05) is 39.0 Å². The summed E-state index contributed by atoms with van der Waals surface area (Å²) in [5.41, 5.74) is 1.71. The van der Waals surface area contributed by atoms with Gasteiger partial charge in [-0.25, -0.2) is 13.6 Å². The third kappa shape index (κ3) is 6.51. The lowest BCUT2D eigenvalue weighted by Gasteiger charge is -2.37. The van der Waals surface area contributed by atoms with Crippen molar-refractivity contribution in [2.75, 3.05) is 26.2 Å². The molecule has 2 heterocycles. The lowest BCUT2D eigenvalue weighted by Crippen LogP contribution is -2.43. The summed E-state index contributed by atoms with van der Waals surface area (Å²) < 4.78 is 35.4. The highest BCUT2D eigenvalue weighted by atomic mass is 19.1. The zero-order valence-corrected chi connectivity index (χ0v) is 23.3. The van der Waals surface area contributed by atoms with Gasteiger partial charge in [0, 0.05) is 49.8 Å². The van der Waals surface area contributed by atoms with Gasteiger partial charge in [0.15, 0.2) is 5.78 Å². The molecule has 0 saturated carbocycles. The number of Topliss-reactive ketones (excluding diaryl/α,β-unsaturated/α-hetero) is 1. The average molecular weight is 539 g/mol. The molecule has 3 aliphatic rings. The van der Waals surface area contributed by atoms with E-state index in [1.54, 1.807) is 17.0 Å². The summed E-state index contributed by atoms with van der Waals surface area (Å²) in [6.45, 7) is 8.52. The number of carbonyl (C=O) groups is 2. The second-order valence-electron chi connectivity index (χ2n) is 12.6. The van der Waals surface area contributed by atoms with Gasteiger partial charge < -0.3 is 9.64 Å². The Bertz CT molecular complexity index is 1210. The molecule has 2 fully saturated rings. The molecule has 1 amide bonds. The number of carbonyl (C=O) groups excluding carboxylic acids is 2. The second-order valence-corrected chi connectivity index (χ2v) is 12.6. The lowest BCUT2D eigenvalue weighted by molar-refractivity contribution is 0.0204. The van der Waals surface area contributed by atoms with Crippen LogP contribution in [0.3, 0.4) is 0 Å². The van der Waals surface area contributed by atoms with Crippen molar-refractivity contribution in [1.82, 2.24) is 9.80 Å². The molecular formula is C32H40F2N2O3. The van der Waals surface area contributed by atoms with E-state index in [1.165, 1.54) is 11.6 Å². The predicted octanol–water partition coefficient (Wildman–Crippen LogP) is 6.69. The number of amides is 1. The van der Waals surface area contributed by atoms with E-state index in [-0.39, 0.29) is 30.0 Å². The van der Waals surface area contributed by atoms with E-state index in [2.05, 4.69) is 11.0 Å². The monoisotopic (exact) mass is 538 g/mol. The van der Waals surface area contributed by atoms with Crippen molar-refractivity contribution in [2.24, 2.45) is 5.92 Å². The van der Waals surface area contributed by atoms with Crippen molar-refractivity contribution in [3.63, 3.8) is 0 Å². The fraction of sp³-hybridized carbons (Fsp3) is 0.562. The molecule has 210 valence electrons. The maximum Gasteiger partial charge on any atom is 0.410 e. The van der Waals surface area contributed by atoms with Crippen LogP contribution in [0.1, 0.15) is 85.8 Å². The summed E-state index contributed by atoms with van der Waals surface area (Å²) in [6, 6.07) is 12.8. The minimum Gasteiger partial charge on any atom is -0.444 e. The maximum absolute atomic E-state index is 15.9. The zero-order chi connectivity index (χ0) is 27.8. The van der Waals surface area contributed by atoms with Gasteiger partial charge in [0.25, 0.3) is 0 Å². The van der Waals surface area contributed by atoms with Crippen LogP contribution in [-0.2, 0) is 17.7 Å². The number of hydrogen-bond donors (Lipinski definition) is 0. The quantitative estimate of drug-likeness (QED) is 0.426. The number of ether oxygens (including phenoxy) is 1. The Morgan fingerprint density at radius 2 is 1.74 bits per heavy atom. The predicted molar refractivity (Wildman–Crippen MR) is 147 cm³/mol. The Morgan fingerprint density at radius 3 is 2.41 bits per heavy atom. The molecule has 0 aromatic heterocycles. The van der Waals surface area contributed by atoms with Crippen molar-refractivity contribution in [1.29, 1.82) is 0 Å². The first kappa shape index (κ1) is 27.8. The van der Waals surface area contributed by atoms with Crippen molar-refractivity contribution >= 4 is 11.9 Å². The normalized spacial score (nSPS) is 22.1. The molecule has 1 aliphatic carbocycles. The number of alkyl halides is 1. The number of rotatable bonds is 5. The van der Waals surface area contributed by atoms with Crippen molar-refractivity contribution in [3.8, 4) is 0 Å². The maximum atomic E-state index is 15.9. The summed E-state index contributed by atoms with van der Waals surface area (Å²) >= 11 is 0. The SMILES string of the molecule is CC(C)(C)OC(=O)N1CCC(c2ccc3c(c2)CC(CC2(F)CCN(Cc4ccccc4F)CC2)C3=O)CC1. The fourth-order valence-corrected chi connectivity index (χ4v) is 6.37. The van der Waals surface area contributed by atoms with Crippen LogP contribution in [0, 0.1) is 11.7 Å². The van der Waals surface area contributed by atoms with Gasteiger partial charge >= 0.3 is 6.09 Å². The van der Waals surface area contributed by atoms with Gasteiger partial charge in [-0.05, 0) is 82.4 Å². The molecule has 1 unspecified atom stereocenters. The van der Waals surface area contributed by atoms with Crippen LogP contribution in [0.15, 0.2) is 42.5 Å². The number of benzene rings is 2. The highest BCUT2D eigenvalue weighted by Gasteiger charge is 2.41. The number of ketones is 1. The first-order valence-corrected chi connectivity index (χ1v) is 14.3. The minimum absolute atomic E-state index is 0.0575. The molecule has 39 heavy (non-hydrogen) atoms. The molecule has 0 bridgehead atoms. The Morgan fingerprint density at radius 1 is 1.05 bits per heavy atom. The highest BCUT2D eigenvalue weighted by Crippen LogP contribution is 2.40. The third-order valence-corrected chi connectivity index (χ3v) is 8.57. The van der Waals surface area contributed by atoms with Gasteiger partial charge in [-0.15, -0.1) is 0 Å². The van der Waals surface area contributed by atoms with E-state index in [9.17, 15) is 14.0 Å². The van der Waals surface area contributed by atoms with Crippen LogP contribution in [0.2, 0.25) is 0 Å². The van der Waals surface area contributed by atoms with Crippen molar-refractivity contribution in [2.45, 2.75) is 83.0 Å². The molecule has 1 atom stereocenters. The van der Waals surface area contributed by atoms with Crippen LogP contribution in [0.4, 0.5) is 13.6 Å². The minimum atomic E-state index is -1.37.